The molecule has 12 heteroatoms. The van der Waals surface area contributed by atoms with Gasteiger partial charge < -0.3 is 24.2 Å². The number of ether oxygens (including phenoxy) is 3. The van der Waals surface area contributed by atoms with Crippen molar-refractivity contribution >= 4 is 25.7 Å². The van der Waals surface area contributed by atoms with Crippen LogP contribution in [-0.2, 0) is 42.2 Å². The van der Waals surface area contributed by atoms with Gasteiger partial charge in [-0.25, -0.2) is 4.57 Å². The summed E-state index contributed by atoms with van der Waals surface area (Å²) in [4.78, 5) is 48.0. The van der Waals surface area contributed by atoms with Gasteiger partial charge in [0.2, 0.25) is 0 Å². The van der Waals surface area contributed by atoms with E-state index in [1.54, 1.807) is 0 Å². The van der Waals surface area contributed by atoms with E-state index in [2.05, 4.69) is 57.2 Å². The predicted molar refractivity (Wildman–Crippen MR) is 252 cm³/mol. The van der Waals surface area contributed by atoms with Gasteiger partial charge in [0.1, 0.15) is 12.7 Å². The average Bonchev–Trinajstić information content (AvgIpc) is 3.25. The van der Waals surface area contributed by atoms with Gasteiger partial charge >= 0.3 is 25.7 Å². The summed E-state index contributed by atoms with van der Waals surface area (Å²) in [5, 5.41) is 9.72. The zero-order valence-corrected chi connectivity index (χ0v) is 40.2. The van der Waals surface area contributed by atoms with E-state index in [0.717, 1.165) is 64.2 Å². The van der Waals surface area contributed by atoms with Crippen molar-refractivity contribution in [1.82, 2.24) is 0 Å². The van der Waals surface area contributed by atoms with Gasteiger partial charge in [0.05, 0.1) is 19.8 Å². The highest BCUT2D eigenvalue weighted by atomic mass is 31.2. The van der Waals surface area contributed by atoms with Crippen molar-refractivity contribution in [1.29, 1.82) is 0 Å². The molecule has 0 fully saturated rings. The molecule has 3 atom stereocenters. The number of aliphatic hydroxyl groups excluding tert-OH is 1. The monoisotopic (exact) mass is 897 g/mol. The van der Waals surface area contributed by atoms with Crippen LogP contribution in [-0.4, -0.2) is 66.5 Å². The van der Waals surface area contributed by atoms with E-state index < -0.39 is 57.8 Å². The van der Waals surface area contributed by atoms with E-state index in [0.29, 0.717) is 19.3 Å². The first-order chi connectivity index (χ1) is 30.2. The lowest BCUT2D eigenvalue weighted by molar-refractivity contribution is -0.161. The summed E-state index contributed by atoms with van der Waals surface area (Å²) in [6.07, 6.45) is 44.0. The summed E-state index contributed by atoms with van der Waals surface area (Å²) < 4.78 is 39.1. The number of phosphoric ester groups is 1. The molecule has 0 aliphatic rings. The molecule has 0 saturated carbocycles. The first kappa shape index (κ1) is 59.4. The molecule has 0 aromatic heterocycles. The summed E-state index contributed by atoms with van der Waals surface area (Å²) in [7, 11) is -4.75. The van der Waals surface area contributed by atoms with Crippen LogP contribution in [0, 0.1) is 0 Å². The Kier molecular flexibility index (Phi) is 43.2. The lowest BCUT2D eigenvalue weighted by atomic mass is 10.0. The van der Waals surface area contributed by atoms with Gasteiger partial charge in [-0.3, -0.25) is 23.4 Å². The number of carbonyl (C=O) groups excluding carboxylic acids is 3. The number of hydrogen-bond donors (Lipinski definition) is 2. The van der Waals surface area contributed by atoms with Crippen LogP contribution in [0.5, 0.6) is 0 Å². The number of esters is 3. The molecule has 11 nitrogen and oxygen atoms in total. The fourth-order valence-corrected chi connectivity index (χ4v) is 7.33. The fraction of sp³-hybridized carbons (Fsp3) is 0.780. The van der Waals surface area contributed by atoms with Crippen LogP contribution in [0.15, 0.2) is 48.6 Å². The van der Waals surface area contributed by atoms with Crippen molar-refractivity contribution < 1.29 is 52.2 Å². The molecule has 2 N–H and O–H groups in total. The highest BCUT2D eigenvalue weighted by molar-refractivity contribution is 7.47. The maximum atomic E-state index is 12.8. The number of allylic oxidation sites excluding steroid dienone is 8. The van der Waals surface area contributed by atoms with Gasteiger partial charge in [0, 0.05) is 19.3 Å². The van der Waals surface area contributed by atoms with Crippen molar-refractivity contribution in [3.05, 3.63) is 48.6 Å². The number of aliphatic hydroxyl groups is 1. The maximum absolute atomic E-state index is 12.8. The van der Waals surface area contributed by atoms with Crippen molar-refractivity contribution in [2.75, 3.05) is 26.4 Å². The first-order valence-electron chi connectivity index (χ1n) is 24.5. The third-order valence-electron chi connectivity index (χ3n) is 10.3. The Bertz CT molecular complexity index is 1230. The van der Waals surface area contributed by atoms with Crippen molar-refractivity contribution in [2.45, 2.75) is 226 Å². The summed E-state index contributed by atoms with van der Waals surface area (Å²) in [5.74, 6) is -1.56. The summed E-state index contributed by atoms with van der Waals surface area (Å²) >= 11 is 0. The minimum atomic E-state index is -4.75. The standard InChI is InChI=1S/C50H89O11P/c1-4-7-10-13-16-19-21-23-25-28-30-33-36-39-48(52)57-43-47(61-50(54)41-38-35-32-29-26-24-22-20-17-14-11-8-5-2)45-59-62(55,56)58-44-46(42-51)60-49(53)40-37-34-31-27-18-15-12-9-6-3/h8,11,17,20,24,26,32,35,46-47,51H,4-7,9-10,12-16,18-19,21-23,25,27-31,33-34,36-45H2,1-3H3,(H,55,56)/b11-8-,20-17-,26-24-,35-32-. The number of carbonyl (C=O) groups is 3. The predicted octanol–water partition coefficient (Wildman–Crippen LogP) is 13.5. The minimum absolute atomic E-state index is 0.0491. The molecule has 62 heavy (non-hydrogen) atoms. The van der Waals surface area contributed by atoms with E-state index >= 15 is 0 Å². The SMILES string of the molecule is CC/C=C\C/C=C\C/C=C\C/C=C\CCC(=O)OC(COC(=O)CCCCCCCCCCCCCCC)COP(=O)(O)OCC(CO)OC(=O)CCCCCCCCCCC. The zero-order valence-electron chi connectivity index (χ0n) is 39.3. The molecule has 0 spiro atoms. The third-order valence-corrected chi connectivity index (χ3v) is 11.2. The molecule has 0 saturated heterocycles. The molecule has 0 aromatic rings. The normalized spacial score (nSPS) is 14.0. The Morgan fingerprint density at radius 1 is 0.468 bits per heavy atom. The Labute approximate surface area is 377 Å². The average molecular weight is 897 g/mol. The zero-order chi connectivity index (χ0) is 45.6. The Balaban J connectivity index is 4.83. The highest BCUT2D eigenvalue weighted by Gasteiger charge is 2.28. The van der Waals surface area contributed by atoms with Gasteiger partial charge in [-0.05, 0) is 44.9 Å². The largest absolute Gasteiger partial charge is 0.472 e. The van der Waals surface area contributed by atoms with Gasteiger partial charge in [0.25, 0.3) is 0 Å². The molecular weight excluding hydrogens is 808 g/mol. The summed E-state index contributed by atoms with van der Waals surface area (Å²) in [5.41, 5.74) is 0. The van der Waals surface area contributed by atoms with Crippen molar-refractivity contribution in [3.63, 3.8) is 0 Å². The topological polar surface area (TPSA) is 155 Å². The smallest absolute Gasteiger partial charge is 0.462 e. The molecule has 0 amide bonds. The van der Waals surface area contributed by atoms with Crippen LogP contribution < -0.4 is 0 Å². The quantitative estimate of drug-likeness (QED) is 0.0197. The van der Waals surface area contributed by atoms with Crippen LogP contribution in [0.25, 0.3) is 0 Å². The molecule has 0 heterocycles. The Hall–Kier alpha value is -2.56. The lowest BCUT2D eigenvalue weighted by Gasteiger charge is -2.21. The van der Waals surface area contributed by atoms with Gasteiger partial charge in [-0.1, -0.05) is 198 Å². The fourth-order valence-electron chi connectivity index (χ4n) is 6.55. The second-order valence-corrected chi connectivity index (χ2v) is 17.7. The van der Waals surface area contributed by atoms with E-state index in [1.807, 2.05) is 12.2 Å². The van der Waals surface area contributed by atoms with Crippen LogP contribution in [0.4, 0.5) is 0 Å². The third kappa shape index (κ3) is 42.7. The van der Waals surface area contributed by atoms with Gasteiger partial charge in [-0.15, -0.1) is 0 Å². The second kappa shape index (κ2) is 45.0. The first-order valence-corrected chi connectivity index (χ1v) is 26.0. The number of unbranched alkanes of at least 4 members (excludes halogenated alkanes) is 20. The highest BCUT2D eigenvalue weighted by Crippen LogP contribution is 2.43. The molecular formula is C50H89O11P. The molecule has 0 radical (unpaired) electrons. The summed E-state index contributed by atoms with van der Waals surface area (Å²) in [6, 6.07) is 0. The van der Waals surface area contributed by atoms with Crippen LogP contribution in [0.2, 0.25) is 0 Å². The maximum Gasteiger partial charge on any atom is 0.472 e. The molecule has 360 valence electrons. The van der Waals surface area contributed by atoms with E-state index in [9.17, 15) is 28.9 Å². The van der Waals surface area contributed by atoms with Crippen LogP contribution in [0.1, 0.15) is 213 Å². The molecule has 0 aliphatic carbocycles. The Morgan fingerprint density at radius 3 is 1.29 bits per heavy atom. The summed E-state index contributed by atoms with van der Waals surface area (Å²) in [6.45, 7) is 4.40. The van der Waals surface area contributed by atoms with E-state index in [4.69, 9.17) is 23.3 Å². The van der Waals surface area contributed by atoms with Gasteiger partial charge in [0.15, 0.2) is 6.10 Å². The van der Waals surface area contributed by atoms with Crippen LogP contribution >= 0.6 is 7.82 Å². The van der Waals surface area contributed by atoms with Gasteiger partial charge in [-0.2, -0.15) is 0 Å². The molecule has 0 aliphatic heterocycles. The van der Waals surface area contributed by atoms with Crippen LogP contribution in [0.3, 0.4) is 0 Å². The van der Waals surface area contributed by atoms with Crippen molar-refractivity contribution in [2.24, 2.45) is 0 Å². The minimum Gasteiger partial charge on any atom is -0.462 e. The molecule has 0 aromatic carbocycles. The van der Waals surface area contributed by atoms with E-state index in [-0.39, 0.29) is 25.9 Å². The van der Waals surface area contributed by atoms with Crippen molar-refractivity contribution in [3.8, 4) is 0 Å². The lowest BCUT2D eigenvalue weighted by Crippen LogP contribution is -2.30. The molecule has 3 unspecified atom stereocenters. The number of rotatable bonds is 45. The molecule has 0 bridgehead atoms. The second-order valence-electron chi connectivity index (χ2n) is 16.3. The van der Waals surface area contributed by atoms with E-state index in [1.165, 1.54) is 89.9 Å². The Morgan fingerprint density at radius 2 is 0.839 bits per heavy atom. The molecule has 0 rings (SSSR count). The number of hydrogen-bond acceptors (Lipinski definition) is 10. The number of phosphoric acid groups is 1.